The number of nitriles is 1. The molecule has 15 heavy (non-hydrogen) atoms. The third-order valence-corrected chi connectivity index (χ3v) is 2.10. The molecule has 0 aromatic heterocycles. The zero-order valence-electron chi connectivity index (χ0n) is 8.57. The van der Waals surface area contributed by atoms with E-state index in [1.807, 2.05) is 13.0 Å². The van der Waals surface area contributed by atoms with Crippen LogP contribution in [0.5, 0.6) is 5.75 Å². The van der Waals surface area contributed by atoms with Gasteiger partial charge in [0.05, 0.1) is 18.7 Å². The van der Waals surface area contributed by atoms with Gasteiger partial charge in [-0.3, -0.25) is 0 Å². The highest BCUT2D eigenvalue weighted by atomic mass is 16.5. The Labute approximate surface area is 87.7 Å². The summed E-state index contributed by atoms with van der Waals surface area (Å²) in [5.74, 6) is -0.799. The minimum atomic E-state index is -0.589. The fourth-order valence-corrected chi connectivity index (χ4v) is 1.37. The van der Waals surface area contributed by atoms with Crippen molar-refractivity contribution in [2.24, 2.45) is 0 Å². The largest absolute Gasteiger partial charge is 0.507 e. The summed E-state index contributed by atoms with van der Waals surface area (Å²) in [6.45, 7) is 1.84. The minimum Gasteiger partial charge on any atom is -0.507 e. The third-order valence-electron chi connectivity index (χ3n) is 2.10. The summed E-state index contributed by atoms with van der Waals surface area (Å²) in [6, 6.07) is 4.75. The van der Waals surface area contributed by atoms with E-state index in [4.69, 9.17) is 5.26 Å². The number of carbonyl (C=O) groups is 1. The number of esters is 1. The van der Waals surface area contributed by atoms with Gasteiger partial charge in [0, 0.05) is 0 Å². The number of methoxy groups -OCH3 is 1. The maximum absolute atomic E-state index is 11.3. The summed E-state index contributed by atoms with van der Waals surface area (Å²) in [6.07, 6.45) is 0.549. The lowest BCUT2D eigenvalue weighted by molar-refractivity contribution is 0.0596. The van der Waals surface area contributed by atoms with Crippen LogP contribution in [0.4, 0.5) is 0 Å². The molecule has 0 atom stereocenters. The number of phenols is 1. The molecule has 0 heterocycles. The van der Waals surface area contributed by atoms with E-state index in [0.29, 0.717) is 17.5 Å². The molecule has 0 aliphatic rings. The highest BCUT2D eigenvalue weighted by Crippen LogP contribution is 2.24. The normalized spacial score (nSPS) is 9.40. The van der Waals surface area contributed by atoms with Gasteiger partial charge < -0.3 is 9.84 Å². The van der Waals surface area contributed by atoms with Gasteiger partial charge in [0.2, 0.25) is 0 Å². The Kier molecular flexibility index (Phi) is 3.29. The van der Waals surface area contributed by atoms with Crippen molar-refractivity contribution in [3.8, 4) is 11.8 Å². The molecular weight excluding hydrogens is 194 g/mol. The van der Waals surface area contributed by atoms with Crippen molar-refractivity contribution in [1.29, 1.82) is 5.26 Å². The number of hydrogen-bond acceptors (Lipinski definition) is 4. The van der Waals surface area contributed by atoms with Gasteiger partial charge in [0.15, 0.2) is 0 Å². The van der Waals surface area contributed by atoms with E-state index < -0.39 is 5.97 Å². The number of carbonyl (C=O) groups excluding carboxylic acids is 1. The number of nitrogens with zero attached hydrogens (tertiary/aromatic N) is 1. The number of phenolic OH excluding ortho intramolecular Hbond substituents is 1. The quantitative estimate of drug-likeness (QED) is 0.744. The topological polar surface area (TPSA) is 70.3 Å². The monoisotopic (exact) mass is 205 g/mol. The van der Waals surface area contributed by atoms with Crippen molar-refractivity contribution in [3.63, 3.8) is 0 Å². The van der Waals surface area contributed by atoms with Crippen molar-refractivity contribution in [2.75, 3.05) is 7.11 Å². The summed E-state index contributed by atoms with van der Waals surface area (Å²) in [7, 11) is 1.25. The first kappa shape index (κ1) is 11.1. The van der Waals surface area contributed by atoms with Gasteiger partial charge in [-0.1, -0.05) is 6.92 Å². The van der Waals surface area contributed by atoms with Gasteiger partial charge in [-0.05, 0) is 24.1 Å². The average molecular weight is 205 g/mol. The maximum Gasteiger partial charge on any atom is 0.341 e. The molecule has 1 N–H and O–H groups in total. The Morgan fingerprint density at radius 3 is 2.73 bits per heavy atom. The second kappa shape index (κ2) is 4.47. The lowest BCUT2D eigenvalue weighted by Gasteiger charge is -2.08. The lowest BCUT2D eigenvalue weighted by Crippen LogP contribution is -2.06. The molecule has 0 fully saturated rings. The number of aryl methyl sites for hydroxylation is 1. The minimum absolute atomic E-state index is 0.138. The number of hydrogen-bond donors (Lipinski definition) is 1. The van der Waals surface area contributed by atoms with Crippen LogP contribution in [0, 0.1) is 11.3 Å². The molecule has 0 spiro atoms. The van der Waals surface area contributed by atoms with Crippen LogP contribution in [0.15, 0.2) is 12.1 Å². The molecule has 0 bridgehead atoms. The van der Waals surface area contributed by atoms with Crippen molar-refractivity contribution < 1.29 is 14.6 Å². The Bertz CT molecular complexity index is 432. The standard InChI is InChI=1S/C11H11NO3/c1-3-8-4-7(6-12)5-9(13)10(8)11(14)15-2/h4-5,13H,3H2,1-2H3. The maximum atomic E-state index is 11.3. The summed E-state index contributed by atoms with van der Waals surface area (Å²) >= 11 is 0. The van der Waals surface area contributed by atoms with Gasteiger partial charge >= 0.3 is 5.97 Å². The highest BCUT2D eigenvalue weighted by molar-refractivity contribution is 5.94. The third kappa shape index (κ3) is 2.08. The molecule has 4 nitrogen and oxygen atoms in total. The molecule has 0 aliphatic carbocycles. The number of benzene rings is 1. The van der Waals surface area contributed by atoms with Gasteiger partial charge in [-0.2, -0.15) is 5.26 Å². The first-order chi connectivity index (χ1) is 7.13. The predicted molar refractivity (Wildman–Crippen MR) is 53.5 cm³/mol. The van der Waals surface area contributed by atoms with Crippen molar-refractivity contribution >= 4 is 5.97 Å². The van der Waals surface area contributed by atoms with Crippen LogP contribution in [0.3, 0.4) is 0 Å². The zero-order chi connectivity index (χ0) is 11.4. The molecule has 0 saturated heterocycles. The van der Waals surface area contributed by atoms with Gasteiger partial charge in [-0.15, -0.1) is 0 Å². The van der Waals surface area contributed by atoms with Crippen LogP contribution in [-0.2, 0) is 11.2 Å². The van der Waals surface area contributed by atoms with Crippen LogP contribution in [-0.4, -0.2) is 18.2 Å². The van der Waals surface area contributed by atoms with Crippen LogP contribution >= 0.6 is 0 Å². The molecule has 0 aliphatic heterocycles. The van der Waals surface area contributed by atoms with Crippen LogP contribution in [0.25, 0.3) is 0 Å². The van der Waals surface area contributed by atoms with E-state index in [-0.39, 0.29) is 11.3 Å². The Hall–Kier alpha value is -2.02. The van der Waals surface area contributed by atoms with Crippen LogP contribution < -0.4 is 0 Å². The smallest absolute Gasteiger partial charge is 0.341 e. The molecule has 0 saturated carbocycles. The molecule has 78 valence electrons. The van der Waals surface area contributed by atoms with Crippen molar-refractivity contribution in [1.82, 2.24) is 0 Å². The Morgan fingerprint density at radius 1 is 1.60 bits per heavy atom. The van der Waals surface area contributed by atoms with E-state index in [1.54, 1.807) is 6.07 Å². The second-order valence-corrected chi connectivity index (χ2v) is 2.99. The number of ether oxygens (including phenoxy) is 1. The highest BCUT2D eigenvalue weighted by Gasteiger charge is 2.17. The molecule has 1 aromatic carbocycles. The predicted octanol–water partition coefficient (Wildman–Crippen LogP) is 1.61. The molecular formula is C11H11NO3. The van der Waals surface area contributed by atoms with Crippen molar-refractivity contribution in [3.05, 3.63) is 28.8 Å². The van der Waals surface area contributed by atoms with Crippen LogP contribution in [0.1, 0.15) is 28.4 Å². The van der Waals surface area contributed by atoms with Gasteiger partial charge in [0.1, 0.15) is 11.3 Å². The number of rotatable bonds is 2. The van der Waals surface area contributed by atoms with Gasteiger partial charge in [-0.25, -0.2) is 4.79 Å². The second-order valence-electron chi connectivity index (χ2n) is 2.99. The Morgan fingerprint density at radius 2 is 2.27 bits per heavy atom. The number of aromatic hydroxyl groups is 1. The Balaban J connectivity index is 3.39. The summed E-state index contributed by atoms with van der Waals surface area (Å²) in [4.78, 5) is 11.3. The SMILES string of the molecule is CCc1cc(C#N)cc(O)c1C(=O)OC. The lowest BCUT2D eigenvalue weighted by atomic mass is 10.0. The molecule has 0 amide bonds. The van der Waals surface area contributed by atoms with Crippen LogP contribution in [0.2, 0.25) is 0 Å². The first-order valence-corrected chi connectivity index (χ1v) is 4.48. The zero-order valence-corrected chi connectivity index (χ0v) is 8.57. The average Bonchev–Trinajstić information content (AvgIpc) is 2.26. The van der Waals surface area contributed by atoms with E-state index in [0.717, 1.165) is 0 Å². The molecule has 1 rings (SSSR count). The fraction of sp³-hybridized carbons (Fsp3) is 0.273. The summed E-state index contributed by atoms with van der Waals surface area (Å²) in [5.41, 5.74) is 1.08. The van der Waals surface area contributed by atoms with E-state index in [2.05, 4.69) is 4.74 Å². The van der Waals surface area contributed by atoms with E-state index in [1.165, 1.54) is 13.2 Å². The fourth-order valence-electron chi connectivity index (χ4n) is 1.37. The molecule has 0 radical (unpaired) electrons. The first-order valence-electron chi connectivity index (χ1n) is 4.48. The summed E-state index contributed by atoms with van der Waals surface area (Å²) < 4.78 is 4.55. The molecule has 4 heteroatoms. The van der Waals surface area contributed by atoms with Gasteiger partial charge in [0.25, 0.3) is 0 Å². The molecule has 0 unspecified atom stereocenters. The summed E-state index contributed by atoms with van der Waals surface area (Å²) in [5, 5.41) is 18.3. The van der Waals surface area contributed by atoms with Crippen molar-refractivity contribution in [2.45, 2.75) is 13.3 Å². The van der Waals surface area contributed by atoms with E-state index in [9.17, 15) is 9.90 Å². The van der Waals surface area contributed by atoms with E-state index >= 15 is 0 Å². The molecule has 1 aromatic rings.